The number of aryl methyl sites for hydroxylation is 1. The first-order valence-electron chi connectivity index (χ1n) is 17.8. The fourth-order valence-corrected chi connectivity index (χ4v) is 9.03. The largest absolute Gasteiger partial charge is 0.496 e. The Kier molecular flexibility index (Phi) is 9.65. The van der Waals surface area contributed by atoms with Crippen molar-refractivity contribution < 1.29 is 28.7 Å². The van der Waals surface area contributed by atoms with Crippen molar-refractivity contribution in [3.8, 4) is 22.9 Å². The van der Waals surface area contributed by atoms with Gasteiger partial charge in [0.2, 0.25) is 18.1 Å². The fourth-order valence-electron chi connectivity index (χ4n) is 8.04. The van der Waals surface area contributed by atoms with Crippen molar-refractivity contribution in [2.75, 3.05) is 13.7 Å². The van der Waals surface area contributed by atoms with E-state index < -0.39 is 41.3 Å². The Hall–Kier alpha value is -4.32. The van der Waals surface area contributed by atoms with Crippen LogP contribution in [0.5, 0.6) is 11.5 Å². The van der Waals surface area contributed by atoms with Gasteiger partial charge in [-0.1, -0.05) is 31.4 Å². The summed E-state index contributed by atoms with van der Waals surface area (Å²) in [4.78, 5) is 63.6. The Morgan fingerprint density at radius 1 is 1.06 bits per heavy atom. The summed E-state index contributed by atoms with van der Waals surface area (Å²) in [5.74, 6) is -1.03. The van der Waals surface area contributed by atoms with E-state index in [1.165, 1.54) is 19.3 Å². The molecular formula is C38H44N5O6S. The second-order valence-electron chi connectivity index (χ2n) is 14.3. The van der Waals surface area contributed by atoms with Gasteiger partial charge in [0.05, 0.1) is 40.9 Å². The first-order valence-corrected chi connectivity index (χ1v) is 18.7. The van der Waals surface area contributed by atoms with Gasteiger partial charge >= 0.3 is 6.03 Å². The SMILES string of the molecule is COc1ccc2c(OC3CC4C(=O)NC5([C]=O)CC5/C=C/CCCCN(C(N)=O)C(=O)C4C3)cc(-c3csc(C4CCCCC4)n3)nc2c1C. The third kappa shape index (κ3) is 6.61. The normalized spacial score (nSPS) is 28.2. The lowest BCUT2D eigenvalue weighted by atomic mass is 9.90. The van der Waals surface area contributed by atoms with Gasteiger partial charge in [-0.2, -0.15) is 0 Å². The molecule has 0 bridgehead atoms. The third-order valence-electron chi connectivity index (χ3n) is 11.0. The zero-order chi connectivity index (χ0) is 35.0. The van der Waals surface area contributed by atoms with Crippen LogP contribution >= 0.6 is 11.3 Å². The van der Waals surface area contributed by atoms with E-state index in [-0.39, 0.29) is 25.3 Å². The number of pyridine rings is 1. The maximum Gasteiger partial charge on any atom is 0.321 e. The van der Waals surface area contributed by atoms with Crippen LogP contribution in [-0.4, -0.2) is 64.3 Å². The van der Waals surface area contributed by atoms with E-state index in [4.69, 9.17) is 25.2 Å². The van der Waals surface area contributed by atoms with Crippen LogP contribution in [0.3, 0.4) is 0 Å². The minimum atomic E-state index is -1.11. The number of fused-ring (bicyclic) bond motifs is 3. The molecule has 3 heterocycles. The van der Waals surface area contributed by atoms with Crippen LogP contribution in [-0.2, 0) is 14.4 Å². The Balaban J connectivity index is 1.22. The molecule has 0 spiro atoms. The number of nitrogens with two attached hydrogens (primary N) is 1. The second kappa shape index (κ2) is 14.1. The minimum absolute atomic E-state index is 0.136. The number of benzene rings is 1. The van der Waals surface area contributed by atoms with Gasteiger partial charge in [-0.25, -0.2) is 14.8 Å². The summed E-state index contributed by atoms with van der Waals surface area (Å²) < 4.78 is 12.4. The van der Waals surface area contributed by atoms with Gasteiger partial charge in [-0.15, -0.1) is 11.3 Å². The van der Waals surface area contributed by atoms with Crippen molar-refractivity contribution in [1.82, 2.24) is 20.2 Å². The molecule has 1 aliphatic heterocycles. The number of hydrogen-bond acceptors (Lipinski definition) is 9. The number of carbonyl (C=O) groups is 3. The molecule has 7 rings (SSSR count). The number of urea groups is 1. The molecule has 11 nitrogen and oxygen atoms in total. The summed E-state index contributed by atoms with van der Waals surface area (Å²) >= 11 is 1.67. The summed E-state index contributed by atoms with van der Waals surface area (Å²) in [6.45, 7) is 2.13. The van der Waals surface area contributed by atoms with Crippen molar-refractivity contribution in [2.45, 2.75) is 95.1 Å². The number of rotatable bonds is 6. The molecule has 1 aromatic carbocycles. The number of methoxy groups -OCH3 is 1. The van der Waals surface area contributed by atoms with Gasteiger partial charge in [-0.3, -0.25) is 19.3 Å². The molecular weight excluding hydrogens is 655 g/mol. The second-order valence-corrected chi connectivity index (χ2v) is 15.1. The molecule has 50 heavy (non-hydrogen) atoms. The monoisotopic (exact) mass is 698 g/mol. The van der Waals surface area contributed by atoms with Crippen molar-refractivity contribution in [3.05, 3.63) is 46.3 Å². The maximum atomic E-state index is 14.0. The molecule has 0 saturated heterocycles. The number of thiazole rings is 1. The maximum absolute atomic E-state index is 14.0. The van der Waals surface area contributed by atoms with Crippen LogP contribution < -0.4 is 20.5 Å². The molecule has 1 radical (unpaired) electrons. The van der Waals surface area contributed by atoms with Gasteiger partial charge in [0.1, 0.15) is 23.1 Å². The van der Waals surface area contributed by atoms with E-state index in [1.807, 2.05) is 37.3 Å². The first-order chi connectivity index (χ1) is 24.2. The standard InChI is InChI=1S/C38H44N5O6S/c1-22-31(48-2)14-13-26-32(18-29(40-33(22)26)30-20-50-35(41-30)23-10-6-5-7-11-23)49-25-16-27-28(17-25)36(46)43(37(39)47)15-9-4-3-8-12-24-19-38(24,21-44)42-34(27)45/h8,12-14,18,20,23-25,27-28H,3-7,9-11,15-17,19H2,1-2H3,(H2,39,47)(H,42,45)/b12-8+. The number of amides is 4. The number of nitrogens with zero attached hydrogens (tertiary/aromatic N) is 3. The number of primary amides is 1. The Labute approximate surface area is 296 Å². The molecule has 4 amide bonds. The van der Waals surface area contributed by atoms with Gasteiger partial charge < -0.3 is 20.5 Å². The lowest BCUT2D eigenvalue weighted by Gasteiger charge is -2.26. The highest BCUT2D eigenvalue weighted by atomic mass is 32.1. The lowest BCUT2D eigenvalue weighted by molar-refractivity contribution is -0.138. The number of nitrogens with one attached hydrogen (secondary N) is 1. The quantitative estimate of drug-likeness (QED) is 0.292. The zero-order valence-corrected chi connectivity index (χ0v) is 29.4. The van der Waals surface area contributed by atoms with E-state index in [0.717, 1.165) is 52.2 Å². The fraction of sp³-hybridized carbons (Fsp3) is 0.526. The number of allylic oxidation sites excluding steroid dienone is 1. The summed E-state index contributed by atoms with van der Waals surface area (Å²) in [6.07, 6.45) is 14.4. The molecule has 5 unspecified atom stereocenters. The summed E-state index contributed by atoms with van der Waals surface area (Å²) in [5, 5.41) is 6.87. The van der Waals surface area contributed by atoms with Crippen LogP contribution in [0.2, 0.25) is 0 Å². The average molecular weight is 699 g/mol. The molecule has 3 saturated carbocycles. The van der Waals surface area contributed by atoms with Gasteiger partial charge in [0.15, 0.2) is 0 Å². The number of hydrogen-bond donors (Lipinski definition) is 2. The predicted molar refractivity (Wildman–Crippen MR) is 190 cm³/mol. The van der Waals surface area contributed by atoms with Crippen LogP contribution in [0.25, 0.3) is 22.3 Å². The topological polar surface area (TPSA) is 154 Å². The smallest absolute Gasteiger partial charge is 0.321 e. The van der Waals surface area contributed by atoms with Gasteiger partial charge in [-0.05, 0) is 70.4 Å². The summed E-state index contributed by atoms with van der Waals surface area (Å²) in [5.41, 5.74) is 7.62. The summed E-state index contributed by atoms with van der Waals surface area (Å²) in [6, 6.07) is 4.83. The van der Waals surface area contributed by atoms with Crippen LogP contribution in [0.15, 0.2) is 35.7 Å². The van der Waals surface area contributed by atoms with Gasteiger partial charge in [0, 0.05) is 40.8 Å². The van der Waals surface area contributed by atoms with E-state index in [2.05, 4.69) is 17.0 Å². The van der Waals surface area contributed by atoms with Crippen LogP contribution in [0.1, 0.15) is 87.1 Å². The third-order valence-corrected chi connectivity index (χ3v) is 12.0. The van der Waals surface area contributed by atoms with Crippen molar-refractivity contribution in [2.24, 2.45) is 23.5 Å². The molecule has 3 aromatic rings. The highest BCUT2D eigenvalue weighted by molar-refractivity contribution is 7.10. The number of ether oxygens (including phenoxy) is 2. The summed E-state index contributed by atoms with van der Waals surface area (Å²) in [7, 11) is 1.62. The van der Waals surface area contributed by atoms with Crippen molar-refractivity contribution >= 4 is 46.4 Å². The lowest BCUT2D eigenvalue weighted by Crippen LogP contribution is -2.49. The number of aromatic nitrogens is 2. The molecule has 4 aliphatic rings. The minimum Gasteiger partial charge on any atom is -0.496 e. The van der Waals surface area contributed by atoms with Crippen LogP contribution in [0.4, 0.5) is 4.79 Å². The molecule has 5 atom stereocenters. The first kappa shape index (κ1) is 34.1. The van der Waals surface area contributed by atoms with E-state index in [9.17, 15) is 19.2 Å². The Morgan fingerprint density at radius 2 is 1.86 bits per heavy atom. The molecule has 3 N–H and O–H groups in total. The molecule has 2 aromatic heterocycles. The zero-order valence-electron chi connectivity index (χ0n) is 28.6. The number of imide groups is 1. The number of carbonyl (C=O) groups excluding carboxylic acids is 4. The van der Waals surface area contributed by atoms with Gasteiger partial charge in [0.25, 0.3) is 0 Å². The predicted octanol–water partition coefficient (Wildman–Crippen LogP) is 6.13. The van der Waals surface area contributed by atoms with Crippen molar-refractivity contribution in [1.29, 1.82) is 0 Å². The highest BCUT2D eigenvalue weighted by Gasteiger charge is 2.57. The highest BCUT2D eigenvalue weighted by Crippen LogP contribution is 2.46. The van der Waals surface area contributed by atoms with E-state index in [1.54, 1.807) is 18.4 Å². The average Bonchev–Trinajstić information content (AvgIpc) is 3.41. The Bertz CT molecular complexity index is 1840. The van der Waals surface area contributed by atoms with E-state index >= 15 is 0 Å². The van der Waals surface area contributed by atoms with Crippen molar-refractivity contribution in [3.63, 3.8) is 0 Å². The molecule has 263 valence electrons. The van der Waals surface area contributed by atoms with Crippen LogP contribution in [0, 0.1) is 24.7 Å². The molecule has 3 fully saturated rings. The van der Waals surface area contributed by atoms with E-state index in [0.29, 0.717) is 41.5 Å². The Morgan fingerprint density at radius 3 is 2.62 bits per heavy atom. The molecule has 3 aliphatic carbocycles. The molecule has 12 heteroatoms.